The van der Waals surface area contributed by atoms with Crippen molar-refractivity contribution in [2.45, 2.75) is 20.0 Å². The van der Waals surface area contributed by atoms with Crippen molar-refractivity contribution >= 4 is 52.9 Å². The third-order valence-electron chi connectivity index (χ3n) is 3.84. The van der Waals surface area contributed by atoms with E-state index in [1.54, 1.807) is 30.5 Å². The fourth-order valence-corrected chi connectivity index (χ4v) is 3.35. The topological polar surface area (TPSA) is 78.7 Å². The van der Waals surface area contributed by atoms with Crippen LogP contribution in [0.15, 0.2) is 64.2 Å². The summed E-state index contributed by atoms with van der Waals surface area (Å²) in [6, 6.07) is 15.2. The fourth-order valence-electron chi connectivity index (χ4n) is 2.52. The molecule has 0 bridgehead atoms. The first-order valence-corrected chi connectivity index (χ1v) is 9.39. The lowest BCUT2D eigenvalue weighted by Crippen LogP contribution is -2.36. The number of carbonyl (C=O) groups is 1. The lowest BCUT2D eigenvalue weighted by atomic mass is 10.2. The van der Waals surface area contributed by atoms with E-state index in [0.717, 1.165) is 18.1 Å². The number of rotatable bonds is 6. The number of amides is 1. The monoisotopic (exact) mass is 510 g/mol. The Bertz CT molecular complexity index is 922. The maximum absolute atomic E-state index is 12.1. The van der Waals surface area contributed by atoms with Crippen LogP contribution in [0.1, 0.15) is 25.9 Å². The number of furan rings is 1. The molecule has 8 heteroatoms. The third-order valence-corrected chi connectivity index (χ3v) is 4.84. The number of carbonyl (C=O) groups excluding carboxylic acids is 1. The van der Waals surface area contributed by atoms with Crippen LogP contribution in [0.5, 0.6) is 0 Å². The van der Waals surface area contributed by atoms with Gasteiger partial charge in [-0.2, -0.15) is 0 Å². The van der Waals surface area contributed by atoms with Gasteiger partial charge < -0.3 is 20.4 Å². The smallest absolute Gasteiger partial charge is 0.291 e. The molecule has 6 nitrogen and oxygen atoms in total. The minimum absolute atomic E-state index is 0. The summed E-state index contributed by atoms with van der Waals surface area (Å²) in [5.41, 5.74) is 1.75. The normalized spacial score (nSPS) is 10.9. The van der Waals surface area contributed by atoms with Crippen LogP contribution in [0.3, 0.4) is 0 Å². The van der Waals surface area contributed by atoms with Crippen LogP contribution in [0.4, 0.5) is 5.69 Å². The molecule has 3 aromatic rings. The summed E-state index contributed by atoms with van der Waals surface area (Å²) in [6.07, 6.45) is 1.48. The van der Waals surface area contributed by atoms with E-state index in [9.17, 15) is 4.79 Å². The van der Waals surface area contributed by atoms with Gasteiger partial charge in [0.2, 0.25) is 0 Å². The highest BCUT2D eigenvalue weighted by atomic mass is 127. The van der Waals surface area contributed by atoms with E-state index in [1.807, 2.05) is 24.3 Å². The Balaban J connectivity index is 0.00000280. The van der Waals surface area contributed by atoms with Crippen molar-refractivity contribution in [2.24, 2.45) is 4.99 Å². The van der Waals surface area contributed by atoms with Gasteiger partial charge in [-0.25, -0.2) is 0 Å². The second kappa shape index (κ2) is 10.9. The van der Waals surface area contributed by atoms with Gasteiger partial charge in [0.25, 0.3) is 5.91 Å². The highest BCUT2D eigenvalue weighted by Gasteiger charge is 2.09. The quantitative estimate of drug-likeness (QED) is 0.261. The molecule has 2 aromatic heterocycles. The Morgan fingerprint density at radius 3 is 2.61 bits per heavy atom. The molecule has 0 saturated carbocycles. The van der Waals surface area contributed by atoms with Gasteiger partial charge in [0.15, 0.2) is 11.7 Å². The highest BCUT2D eigenvalue weighted by molar-refractivity contribution is 14.0. The molecule has 0 saturated heterocycles. The van der Waals surface area contributed by atoms with Gasteiger partial charge in [0.1, 0.15) is 0 Å². The van der Waals surface area contributed by atoms with Crippen molar-refractivity contribution in [3.8, 4) is 0 Å². The van der Waals surface area contributed by atoms with Crippen molar-refractivity contribution in [3.05, 3.63) is 75.9 Å². The van der Waals surface area contributed by atoms with Crippen LogP contribution >= 0.6 is 35.3 Å². The molecule has 0 unspecified atom stereocenters. The van der Waals surface area contributed by atoms with Crippen LogP contribution in [0.25, 0.3) is 0 Å². The second-order valence-electron chi connectivity index (χ2n) is 5.92. The number of nitrogens with zero attached hydrogens (tertiary/aromatic N) is 1. The van der Waals surface area contributed by atoms with Gasteiger partial charge in [0, 0.05) is 29.0 Å². The van der Waals surface area contributed by atoms with E-state index in [-0.39, 0.29) is 35.6 Å². The van der Waals surface area contributed by atoms with Gasteiger partial charge in [-0.15, -0.1) is 35.3 Å². The van der Waals surface area contributed by atoms with Crippen LogP contribution in [-0.2, 0) is 13.1 Å². The summed E-state index contributed by atoms with van der Waals surface area (Å²) in [5, 5.41) is 9.42. The molecule has 0 spiro atoms. The molecule has 0 aliphatic rings. The van der Waals surface area contributed by atoms with Crippen LogP contribution in [0.2, 0.25) is 0 Å². The van der Waals surface area contributed by atoms with Crippen molar-refractivity contribution in [1.82, 2.24) is 10.6 Å². The summed E-state index contributed by atoms with van der Waals surface area (Å²) in [6.45, 7) is 3.42. The Kier molecular flexibility index (Phi) is 8.52. The minimum Gasteiger partial charge on any atom is -0.459 e. The van der Waals surface area contributed by atoms with E-state index in [4.69, 9.17) is 4.42 Å². The zero-order valence-corrected chi connectivity index (χ0v) is 18.8. The molecule has 0 atom stereocenters. The molecular weight excluding hydrogens is 487 g/mol. The van der Waals surface area contributed by atoms with Crippen LogP contribution in [-0.4, -0.2) is 18.9 Å². The molecule has 2 heterocycles. The average molecular weight is 510 g/mol. The SMILES string of the molecule is CN=C(NCc1cccc(NC(=O)c2ccco2)c1)NCc1ccc(C)s1.I. The number of aryl methyl sites for hydroxylation is 1. The predicted octanol–water partition coefficient (Wildman–Crippen LogP) is 4.39. The number of benzene rings is 1. The molecule has 0 aliphatic heterocycles. The largest absolute Gasteiger partial charge is 0.459 e. The Hall–Kier alpha value is -2.33. The molecule has 148 valence electrons. The Morgan fingerprint density at radius 2 is 1.93 bits per heavy atom. The summed E-state index contributed by atoms with van der Waals surface area (Å²) < 4.78 is 5.11. The molecule has 28 heavy (non-hydrogen) atoms. The van der Waals surface area contributed by atoms with Crippen molar-refractivity contribution < 1.29 is 9.21 Å². The first-order valence-electron chi connectivity index (χ1n) is 8.57. The van der Waals surface area contributed by atoms with Crippen LogP contribution in [0, 0.1) is 6.92 Å². The molecule has 1 aromatic carbocycles. The summed E-state index contributed by atoms with van der Waals surface area (Å²) in [5.74, 6) is 0.742. The Labute approximate surface area is 185 Å². The van der Waals surface area contributed by atoms with Gasteiger partial charge in [-0.3, -0.25) is 9.79 Å². The average Bonchev–Trinajstić information content (AvgIpc) is 3.34. The first-order chi connectivity index (χ1) is 13.1. The fraction of sp³-hybridized carbons (Fsp3) is 0.200. The molecule has 1 amide bonds. The van der Waals surface area contributed by atoms with Gasteiger partial charge in [-0.05, 0) is 48.9 Å². The van der Waals surface area contributed by atoms with E-state index < -0.39 is 0 Å². The second-order valence-corrected chi connectivity index (χ2v) is 7.30. The minimum atomic E-state index is -0.270. The van der Waals surface area contributed by atoms with E-state index in [2.05, 4.69) is 40.0 Å². The number of hydrogen-bond acceptors (Lipinski definition) is 4. The number of hydrogen-bond donors (Lipinski definition) is 3. The number of guanidine groups is 1. The molecule has 3 N–H and O–H groups in total. The van der Waals surface area contributed by atoms with Crippen molar-refractivity contribution in [3.63, 3.8) is 0 Å². The molecule has 0 radical (unpaired) electrons. The molecule has 3 rings (SSSR count). The van der Waals surface area contributed by atoms with E-state index >= 15 is 0 Å². The number of nitrogens with one attached hydrogen (secondary N) is 3. The lowest BCUT2D eigenvalue weighted by Gasteiger charge is -2.12. The summed E-state index contributed by atoms with van der Waals surface area (Å²) >= 11 is 1.77. The van der Waals surface area contributed by atoms with Gasteiger partial charge in [-0.1, -0.05) is 12.1 Å². The molecular formula is C20H23IN4O2S. The van der Waals surface area contributed by atoms with E-state index in [0.29, 0.717) is 12.2 Å². The zero-order valence-electron chi connectivity index (χ0n) is 15.7. The summed E-state index contributed by atoms with van der Waals surface area (Å²) in [4.78, 5) is 18.9. The maximum atomic E-state index is 12.1. The lowest BCUT2D eigenvalue weighted by molar-refractivity contribution is 0.0996. The summed E-state index contributed by atoms with van der Waals surface area (Å²) in [7, 11) is 1.75. The molecule has 0 fully saturated rings. The Morgan fingerprint density at radius 1 is 1.11 bits per heavy atom. The standard InChI is InChI=1S/C20H22N4O2S.HI/c1-14-8-9-17(27-14)13-23-20(21-2)22-12-15-5-3-6-16(11-15)24-19(25)18-7-4-10-26-18;/h3-11H,12-13H2,1-2H3,(H,24,25)(H2,21,22,23);1H. The highest BCUT2D eigenvalue weighted by Crippen LogP contribution is 2.15. The van der Waals surface area contributed by atoms with Crippen molar-refractivity contribution in [1.29, 1.82) is 0 Å². The molecule has 0 aliphatic carbocycles. The van der Waals surface area contributed by atoms with Crippen molar-refractivity contribution in [2.75, 3.05) is 12.4 Å². The van der Waals surface area contributed by atoms with Crippen LogP contribution < -0.4 is 16.0 Å². The van der Waals surface area contributed by atoms with Gasteiger partial charge in [0.05, 0.1) is 12.8 Å². The predicted molar refractivity (Wildman–Crippen MR) is 125 cm³/mol. The number of anilines is 1. The van der Waals surface area contributed by atoms with Gasteiger partial charge >= 0.3 is 0 Å². The third kappa shape index (κ3) is 6.38. The zero-order chi connectivity index (χ0) is 19.1. The number of halogens is 1. The number of aliphatic imine (C=N–C) groups is 1. The maximum Gasteiger partial charge on any atom is 0.291 e. The first kappa shape index (κ1) is 22.0. The number of thiophene rings is 1. The van der Waals surface area contributed by atoms with E-state index in [1.165, 1.54) is 16.0 Å².